The summed E-state index contributed by atoms with van der Waals surface area (Å²) in [5.41, 5.74) is 7.76. The quantitative estimate of drug-likeness (QED) is 0.368. The Balaban J connectivity index is 1.44. The highest BCUT2D eigenvalue weighted by atomic mass is 32.2. The van der Waals surface area contributed by atoms with Crippen molar-refractivity contribution in [2.75, 3.05) is 23.7 Å². The summed E-state index contributed by atoms with van der Waals surface area (Å²) in [4.78, 5) is 10.9. The molecule has 1 atom stereocenters. The summed E-state index contributed by atoms with van der Waals surface area (Å²) in [5, 5.41) is 0.590. The summed E-state index contributed by atoms with van der Waals surface area (Å²) < 4.78 is 69.5. The Bertz CT molecular complexity index is 1550. The number of nitrogens with zero attached hydrogens (tertiary/aromatic N) is 4. The number of piperidine rings is 1. The number of hydrogen-bond donors (Lipinski definition) is 1. The minimum atomic E-state index is -4.82. The topological polar surface area (TPSA) is 103 Å². The van der Waals surface area contributed by atoms with E-state index in [2.05, 4.69) is 14.7 Å². The van der Waals surface area contributed by atoms with Crippen LogP contribution in [0.1, 0.15) is 29.9 Å². The standard InChI is InChI=1S/C25H24F3N5O3S/c1-16-4-7-19(8-5-16)37(34,35)33-12-10-20-23(30-15-31-24(20)33)32-11-2-3-18(14-32)17-6-9-22(21(29)13-17)36-25(26,27)28/h4-10,12-13,15,18H,2-3,11,14,29H2,1H3. The second kappa shape index (κ2) is 9.25. The van der Waals surface area contributed by atoms with E-state index in [0.717, 1.165) is 27.9 Å². The maximum atomic E-state index is 13.3. The molecule has 0 bridgehead atoms. The molecule has 1 aliphatic rings. The lowest BCUT2D eigenvalue weighted by molar-refractivity contribution is -0.274. The molecule has 12 heteroatoms. The zero-order valence-corrected chi connectivity index (χ0v) is 20.6. The number of rotatable bonds is 5. The van der Waals surface area contributed by atoms with Gasteiger partial charge in [0.2, 0.25) is 0 Å². The zero-order valence-electron chi connectivity index (χ0n) is 19.8. The zero-order chi connectivity index (χ0) is 26.4. The van der Waals surface area contributed by atoms with Gasteiger partial charge in [-0.3, -0.25) is 0 Å². The normalized spacial score (nSPS) is 16.8. The summed E-state index contributed by atoms with van der Waals surface area (Å²) >= 11 is 0. The Kier molecular flexibility index (Phi) is 6.22. The SMILES string of the molecule is Cc1ccc(S(=O)(=O)n2ccc3c(N4CCCC(c5ccc(OC(F)(F)F)c(N)c5)C4)ncnc32)cc1. The van der Waals surface area contributed by atoms with Crippen LogP contribution in [0.25, 0.3) is 11.0 Å². The first-order valence-corrected chi connectivity index (χ1v) is 13.0. The number of benzene rings is 2. The van der Waals surface area contributed by atoms with E-state index in [9.17, 15) is 21.6 Å². The molecular formula is C25H24F3N5O3S. The average Bonchev–Trinajstić information content (AvgIpc) is 3.30. The molecule has 1 fully saturated rings. The third kappa shape index (κ3) is 4.93. The van der Waals surface area contributed by atoms with Crippen molar-refractivity contribution >= 4 is 32.6 Å². The van der Waals surface area contributed by atoms with Gasteiger partial charge in [-0.05, 0) is 55.7 Å². The van der Waals surface area contributed by atoms with E-state index in [4.69, 9.17) is 5.73 Å². The first kappa shape index (κ1) is 24.9. The molecule has 0 radical (unpaired) electrons. The van der Waals surface area contributed by atoms with E-state index in [1.807, 2.05) is 11.8 Å². The van der Waals surface area contributed by atoms with E-state index >= 15 is 0 Å². The number of ether oxygens (including phenoxy) is 1. The molecule has 0 spiro atoms. The molecule has 37 heavy (non-hydrogen) atoms. The molecule has 1 aliphatic heterocycles. The van der Waals surface area contributed by atoms with Crippen LogP contribution in [0.2, 0.25) is 0 Å². The van der Waals surface area contributed by atoms with Gasteiger partial charge in [-0.1, -0.05) is 23.8 Å². The molecule has 1 saturated heterocycles. The molecule has 1 unspecified atom stereocenters. The molecule has 2 aromatic heterocycles. The minimum Gasteiger partial charge on any atom is -0.404 e. The second-order valence-corrected chi connectivity index (χ2v) is 10.8. The Hall–Kier alpha value is -3.80. The molecular weight excluding hydrogens is 507 g/mol. The van der Waals surface area contributed by atoms with Crippen LogP contribution in [-0.4, -0.2) is 41.8 Å². The molecule has 0 saturated carbocycles. The van der Waals surface area contributed by atoms with Crippen molar-refractivity contribution in [3.8, 4) is 5.75 Å². The van der Waals surface area contributed by atoms with Crippen LogP contribution in [0.3, 0.4) is 0 Å². The fourth-order valence-corrected chi connectivity index (χ4v) is 5.97. The number of halogens is 3. The number of nitrogen functional groups attached to an aromatic ring is 1. The first-order chi connectivity index (χ1) is 17.5. The predicted molar refractivity (Wildman–Crippen MR) is 133 cm³/mol. The second-order valence-electron chi connectivity index (χ2n) is 8.99. The molecule has 2 aromatic carbocycles. The fourth-order valence-electron chi connectivity index (χ4n) is 4.66. The lowest BCUT2D eigenvalue weighted by atomic mass is 9.90. The monoisotopic (exact) mass is 531 g/mol. The van der Waals surface area contributed by atoms with Crippen molar-refractivity contribution in [3.05, 3.63) is 72.2 Å². The molecule has 8 nitrogen and oxygen atoms in total. The Morgan fingerprint density at radius 3 is 2.54 bits per heavy atom. The Morgan fingerprint density at radius 2 is 1.84 bits per heavy atom. The van der Waals surface area contributed by atoms with Gasteiger partial charge in [0.05, 0.1) is 16.0 Å². The highest BCUT2D eigenvalue weighted by Crippen LogP contribution is 2.36. The van der Waals surface area contributed by atoms with Crippen LogP contribution in [0.15, 0.2) is 66.0 Å². The fraction of sp³-hybridized carbons (Fsp3) is 0.280. The van der Waals surface area contributed by atoms with Crippen LogP contribution in [0, 0.1) is 6.92 Å². The highest BCUT2D eigenvalue weighted by molar-refractivity contribution is 7.90. The van der Waals surface area contributed by atoms with E-state index < -0.39 is 22.1 Å². The maximum absolute atomic E-state index is 13.3. The summed E-state index contributed by atoms with van der Waals surface area (Å²) in [6.45, 7) is 3.09. The third-order valence-corrected chi connectivity index (χ3v) is 8.14. The van der Waals surface area contributed by atoms with Crippen molar-refractivity contribution < 1.29 is 26.3 Å². The summed E-state index contributed by atoms with van der Waals surface area (Å²) in [6, 6.07) is 12.6. The van der Waals surface area contributed by atoms with E-state index in [1.165, 1.54) is 24.7 Å². The first-order valence-electron chi connectivity index (χ1n) is 11.6. The van der Waals surface area contributed by atoms with Crippen LogP contribution >= 0.6 is 0 Å². The number of anilines is 2. The lowest BCUT2D eigenvalue weighted by Crippen LogP contribution is -2.35. The number of nitrogens with two attached hydrogens (primary N) is 1. The molecule has 0 amide bonds. The predicted octanol–water partition coefficient (Wildman–Crippen LogP) is 4.84. The third-order valence-electron chi connectivity index (χ3n) is 6.46. The van der Waals surface area contributed by atoms with Crippen molar-refractivity contribution in [3.63, 3.8) is 0 Å². The van der Waals surface area contributed by atoms with Crippen LogP contribution < -0.4 is 15.4 Å². The molecule has 3 heterocycles. The lowest BCUT2D eigenvalue weighted by Gasteiger charge is -2.34. The van der Waals surface area contributed by atoms with E-state index in [1.54, 1.807) is 36.4 Å². The average molecular weight is 532 g/mol. The van der Waals surface area contributed by atoms with Gasteiger partial charge in [-0.2, -0.15) is 0 Å². The maximum Gasteiger partial charge on any atom is 0.573 e. The van der Waals surface area contributed by atoms with Gasteiger partial charge < -0.3 is 15.4 Å². The molecule has 2 N–H and O–H groups in total. The number of hydrogen-bond acceptors (Lipinski definition) is 7. The van der Waals surface area contributed by atoms with Gasteiger partial charge in [0.25, 0.3) is 10.0 Å². The van der Waals surface area contributed by atoms with Crippen molar-refractivity contribution in [1.29, 1.82) is 0 Å². The number of alkyl halides is 3. The van der Waals surface area contributed by atoms with Gasteiger partial charge in [0, 0.05) is 25.2 Å². The van der Waals surface area contributed by atoms with Crippen LogP contribution in [0.5, 0.6) is 5.75 Å². The summed E-state index contributed by atoms with van der Waals surface area (Å²) in [7, 11) is -3.86. The van der Waals surface area contributed by atoms with Crippen molar-refractivity contribution in [2.45, 2.75) is 36.9 Å². The molecule has 4 aromatic rings. The van der Waals surface area contributed by atoms with Gasteiger partial charge in [-0.25, -0.2) is 22.4 Å². The molecule has 0 aliphatic carbocycles. The largest absolute Gasteiger partial charge is 0.573 e. The van der Waals surface area contributed by atoms with Gasteiger partial charge in [0.15, 0.2) is 11.4 Å². The highest BCUT2D eigenvalue weighted by Gasteiger charge is 2.32. The van der Waals surface area contributed by atoms with Gasteiger partial charge in [-0.15, -0.1) is 13.2 Å². The number of aryl methyl sites for hydroxylation is 1. The minimum absolute atomic E-state index is 0.0145. The molecule has 5 rings (SSSR count). The Labute approximate surface area is 211 Å². The van der Waals surface area contributed by atoms with Crippen LogP contribution in [-0.2, 0) is 10.0 Å². The smallest absolute Gasteiger partial charge is 0.404 e. The van der Waals surface area contributed by atoms with Crippen molar-refractivity contribution in [1.82, 2.24) is 13.9 Å². The molecule has 194 valence electrons. The van der Waals surface area contributed by atoms with Gasteiger partial charge >= 0.3 is 6.36 Å². The Morgan fingerprint density at radius 1 is 1.08 bits per heavy atom. The van der Waals surface area contributed by atoms with E-state index in [-0.39, 0.29) is 22.1 Å². The van der Waals surface area contributed by atoms with Crippen molar-refractivity contribution in [2.24, 2.45) is 0 Å². The van der Waals surface area contributed by atoms with E-state index in [0.29, 0.717) is 24.3 Å². The summed E-state index contributed by atoms with van der Waals surface area (Å²) in [6.07, 6.45) is -0.395. The van der Waals surface area contributed by atoms with Crippen LogP contribution in [0.4, 0.5) is 24.7 Å². The summed E-state index contributed by atoms with van der Waals surface area (Å²) in [5.74, 6) is 0.148. The number of fused-ring (bicyclic) bond motifs is 1. The number of aromatic nitrogens is 3. The van der Waals surface area contributed by atoms with Gasteiger partial charge in [0.1, 0.15) is 12.1 Å².